The molecule has 1 atom stereocenters. The molecular formula is C15H22ClN7O2S2. The van der Waals surface area contributed by atoms with Crippen molar-refractivity contribution in [2.75, 3.05) is 23.7 Å². The maximum absolute atomic E-state index is 12.9. The monoisotopic (exact) mass is 431 g/mol. The minimum absolute atomic E-state index is 0. The SMILES string of the molecule is CCc1nnc(NC(=O)CC2(C(=O)Nc3nnc(CC)s3)CCNC2)s1.Cl. The molecule has 1 unspecified atom stereocenters. The van der Waals surface area contributed by atoms with Gasteiger partial charge in [0.15, 0.2) is 0 Å². The molecule has 2 aromatic heterocycles. The number of aromatic nitrogens is 4. The molecule has 0 saturated carbocycles. The number of halogens is 1. The van der Waals surface area contributed by atoms with Crippen molar-refractivity contribution in [3.05, 3.63) is 10.0 Å². The average Bonchev–Trinajstić information content (AvgIpc) is 3.36. The summed E-state index contributed by atoms with van der Waals surface area (Å²) >= 11 is 2.70. The molecule has 3 heterocycles. The van der Waals surface area contributed by atoms with Crippen LogP contribution in [0.5, 0.6) is 0 Å². The number of nitrogens with zero attached hydrogens (tertiary/aromatic N) is 4. The third kappa shape index (κ3) is 5.18. The van der Waals surface area contributed by atoms with Gasteiger partial charge in [0.1, 0.15) is 10.0 Å². The number of nitrogens with one attached hydrogen (secondary N) is 3. The summed E-state index contributed by atoms with van der Waals surface area (Å²) in [5.74, 6) is -0.447. The predicted molar refractivity (Wildman–Crippen MR) is 108 cm³/mol. The zero-order valence-electron chi connectivity index (χ0n) is 15.1. The first-order valence-corrected chi connectivity index (χ1v) is 10.1. The Morgan fingerprint density at radius 1 is 1.04 bits per heavy atom. The molecule has 1 aliphatic rings. The van der Waals surface area contributed by atoms with E-state index < -0.39 is 5.41 Å². The molecule has 12 heteroatoms. The van der Waals surface area contributed by atoms with Crippen LogP contribution in [0.2, 0.25) is 0 Å². The molecule has 2 aromatic rings. The number of hydrogen-bond acceptors (Lipinski definition) is 9. The molecule has 27 heavy (non-hydrogen) atoms. The molecule has 0 spiro atoms. The van der Waals surface area contributed by atoms with Gasteiger partial charge in [0, 0.05) is 13.0 Å². The van der Waals surface area contributed by atoms with Crippen LogP contribution in [0.15, 0.2) is 0 Å². The smallest absolute Gasteiger partial charge is 0.234 e. The Balaban J connectivity index is 0.00000261. The van der Waals surface area contributed by atoms with E-state index in [1.165, 1.54) is 22.7 Å². The molecule has 1 aliphatic heterocycles. The first-order chi connectivity index (χ1) is 12.5. The highest BCUT2D eigenvalue weighted by atomic mass is 35.5. The van der Waals surface area contributed by atoms with Crippen LogP contribution >= 0.6 is 35.1 Å². The fraction of sp³-hybridized carbons (Fsp3) is 0.600. The molecule has 148 valence electrons. The average molecular weight is 432 g/mol. The second-order valence-electron chi connectivity index (χ2n) is 6.10. The van der Waals surface area contributed by atoms with Crippen LogP contribution in [0.3, 0.4) is 0 Å². The zero-order chi connectivity index (χ0) is 18.6. The first kappa shape index (κ1) is 21.6. The van der Waals surface area contributed by atoms with Gasteiger partial charge in [-0.2, -0.15) is 0 Å². The molecule has 0 aromatic carbocycles. The van der Waals surface area contributed by atoms with Crippen LogP contribution in [0.4, 0.5) is 10.3 Å². The Hall–Kier alpha value is -1.69. The van der Waals surface area contributed by atoms with E-state index in [0.717, 1.165) is 22.9 Å². The first-order valence-electron chi connectivity index (χ1n) is 8.51. The summed E-state index contributed by atoms with van der Waals surface area (Å²) < 4.78 is 0. The fourth-order valence-corrected chi connectivity index (χ4v) is 4.13. The standard InChI is InChI=1S/C15H21N7O2S2.ClH/c1-3-10-19-21-13(25-10)17-9(23)7-15(5-6-16-8-15)12(24)18-14-22-20-11(4-2)26-14;/h16H,3-8H2,1-2H3,(H,17,21,23)(H,18,22,24);1H. The summed E-state index contributed by atoms with van der Waals surface area (Å²) in [5, 5.41) is 27.3. The van der Waals surface area contributed by atoms with Crippen molar-refractivity contribution >= 4 is 57.2 Å². The van der Waals surface area contributed by atoms with Crippen LogP contribution < -0.4 is 16.0 Å². The van der Waals surface area contributed by atoms with Gasteiger partial charge in [-0.05, 0) is 25.8 Å². The molecule has 0 aliphatic carbocycles. The van der Waals surface area contributed by atoms with Gasteiger partial charge in [-0.1, -0.05) is 36.5 Å². The Morgan fingerprint density at radius 2 is 1.63 bits per heavy atom. The number of carbonyl (C=O) groups is 2. The quantitative estimate of drug-likeness (QED) is 0.611. The van der Waals surface area contributed by atoms with Crippen molar-refractivity contribution in [3.8, 4) is 0 Å². The minimum atomic E-state index is -0.805. The molecule has 2 amide bonds. The van der Waals surface area contributed by atoms with Gasteiger partial charge in [0.05, 0.1) is 5.41 Å². The maximum atomic E-state index is 12.9. The number of rotatable bonds is 7. The number of hydrogen-bond donors (Lipinski definition) is 3. The van der Waals surface area contributed by atoms with Crippen molar-refractivity contribution < 1.29 is 9.59 Å². The van der Waals surface area contributed by atoms with Gasteiger partial charge in [0.25, 0.3) is 0 Å². The summed E-state index contributed by atoms with van der Waals surface area (Å²) in [6.07, 6.45) is 2.20. The van der Waals surface area contributed by atoms with Gasteiger partial charge in [-0.25, -0.2) is 0 Å². The summed E-state index contributed by atoms with van der Waals surface area (Å²) in [4.78, 5) is 25.3. The summed E-state index contributed by atoms with van der Waals surface area (Å²) in [7, 11) is 0. The number of anilines is 2. The van der Waals surface area contributed by atoms with Gasteiger partial charge in [-0.3, -0.25) is 14.9 Å². The van der Waals surface area contributed by atoms with Crippen molar-refractivity contribution in [2.24, 2.45) is 5.41 Å². The van der Waals surface area contributed by atoms with Crippen molar-refractivity contribution in [2.45, 2.75) is 39.5 Å². The van der Waals surface area contributed by atoms with Crippen molar-refractivity contribution in [1.82, 2.24) is 25.7 Å². The Bertz CT molecular complexity index is 789. The van der Waals surface area contributed by atoms with E-state index in [2.05, 4.69) is 36.3 Å². The van der Waals surface area contributed by atoms with E-state index >= 15 is 0 Å². The molecule has 3 rings (SSSR count). The van der Waals surface area contributed by atoms with E-state index in [1.54, 1.807) is 0 Å². The van der Waals surface area contributed by atoms with E-state index in [4.69, 9.17) is 0 Å². The second kappa shape index (κ2) is 9.49. The molecule has 1 saturated heterocycles. The molecule has 0 bridgehead atoms. The van der Waals surface area contributed by atoms with Crippen LogP contribution in [0, 0.1) is 5.41 Å². The van der Waals surface area contributed by atoms with Crippen LogP contribution in [-0.2, 0) is 22.4 Å². The van der Waals surface area contributed by atoms with Gasteiger partial charge in [0.2, 0.25) is 22.1 Å². The van der Waals surface area contributed by atoms with E-state index in [-0.39, 0.29) is 30.6 Å². The molecule has 9 nitrogen and oxygen atoms in total. The van der Waals surface area contributed by atoms with E-state index in [0.29, 0.717) is 29.8 Å². The lowest BCUT2D eigenvalue weighted by molar-refractivity contribution is -0.129. The number of aryl methyl sites for hydroxylation is 2. The van der Waals surface area contributed by atoms with Gasteiger partial charge < -0.3 is 10.6 Å². The summed E-state index contributed by atoms with van der Waals surface area (Å²) in [5.41, 5.74) is -0.805. The normalized spacial score (nSPS) is 18.7. The molecule has 3 N–H and O–H groups in total. The van der Waals surface area contributed by atoms with Gasteiger partial charge in [-0.15, -0.1) is 32.8 Å². The Labute approximate surface area is 171 Å². The molecule has 0 radical (unpaired) electrons. The van der Waals surface area contributed by atoms with Crippen LogP contribution in [0.1, 0.15) is 36.7 Å². The second-order valence-corrected chi connectivity index (χ2v) is 8.22. The van der Waals surface area contributed by atoms with E-state index in [9.17, 15) is 9.59 Å². The lowest BCUT2D eigenvalue weighted by Crippen LogP contribution is -2.41. The van der Waals surface area contributed by atoms with Gasteiger partial charge >= 0.3 is 0 Å². The fourth-order valence-electron chi connectivity index (χ4n) is 2.76. The lowest BCUT2D eigenvalue weighted by atomic mass is 9.82. The summed E-state index contributed by atoms with van der Waals surface area (Å²) in [6, 6.07) is 0. The topological polar surface area (TPSA) is 122 Å². The minimum Gasteiger partial charge on any atom is -0.316 e. The highest BCUT2D eigenvalue weighted by Crippen LogP contribution is 2.32. The summed E-state index contributed by atoms with van der Waals surface area (Å²) in [6.45, 7) is 5.10. The van der Waals surface area contributed by atoms with Crippen LogP contribution in [-0.4, -0.2) is 45.3 Å². The number of carbonyl (C=O) groups excluding carboxylic acids is 2. The van der Waals surface area contributed by atoms with E-state index in [1.807, 2.05) is 13.8 Å². The Morgan fingerprint density at radius 3 is 2.11 bits per heavy atom. The van der Waals surface area contributed by atoms with Crippen LogP contribution in [0.25, 0.3) is 0 Å². The highest BCUT2D eigenvalue weighted by Gasteiger charge is 2.43. The lowest BCUT2D eigenvalue weighted by Gasteiger charge is -2.25. The largest absolute Gasteiger partial charge is 0.316 e. The van der Waals surface area contributed by atoms with Crippen molar-refractivity contribution in [1.29, 1.82) is 0 Å². The molecular weight excluding hydrogens is 410 g/mol. The molecule has 1 fully saturated rings. The predicted octanol–water partition coefficient (Wildman–Crippen LogP) is 1.88. The zero-order valence-corrected chi connectivity index (χ0v) is 17.5. The third-order valence-corrected chi connectivity index (χ3v) is 6.20. The highest BCUT2D eigenvalue weighted by molar-refractivity contribution is 7.15. The maximum Gasteiger partial charge on any atom is 0.234 e. The number of amides is 2. The Kier molecular flexibility index (Phi) is 7.59. The van der Waals surface area contributed by atoms with Crippen molar-refractivity contribution in [3.63, 3.8) is 0 Å². The third-order valence-electron chi connectivity index (χ3n) is 4.23.